The van der Waals surface area contributed by atoms with Gasteiger partial charge in [0.25, 0.3) is 0 Å². The van der Waals surface area contributed by atoms with E-state index in [9.17, 15) is 9.59 Å². The summed E-state index contributed by atoms with van der Waals surface area (Å²) in [6.45, 7) is 1.50. The normalized spacial score (nSPS) is 10.4. The molecule has 128 valence electrons. The quantitative estimate of drug-likeness (QED) is 0.774. The van der Waals surface area contributed by atoms with Crippen molar-refractivity contribution in [2.24, 2.45) is 0 Å². The zero-order valence-corrected chi connectivity index (χ0v) is 13.4. The number of urea groups is 1. The third-order valence-electron chi connectivity index (χ3n) is 3.42. The van der Waals surface area contributed by atoms with Crippen molar-refractivity contribution in [3.63, 3.8) is 0 Å². The van der Waals surface area contributed by atoms with Crippen LogP contribution >= 0.6 is 0 Å². The van der Waals surface area contributed by atoms with Crippen LogP contribution in [-0.2, 0) is 17.8 Å². The maximum atomic E-state index is 12.3. The summed E-state index contributed by atoms with van der Waals surface area (Å²) in [5.74, 6) is -0.290. The number of hydrogen-bond acceptors (Lipinski definition) is 4. The second kappa shape index (κ2) is 8.73. The van der Waals surface area contributed by atoms with Gasteiger partial charge in [-0.15, -0.1) is 0 Å². The number of carboxylic acid groups (broad SMARTS) is 1. The highest BCUT2D eigenvalue weighted by atomic mass is 16.5. The van der Waals surface area contributed by atoms with Crippen LogP contribution in [0.15, 0.2) is 47.1 Å². The van der Waals surface area contributed by atoms with Crippen molar-refractivity contribution in [3.05, 3.63) is 59.5 Å². The van der Waals surface area contributed by atoms with Crippen LogP contribution in [0, 0.1) is 0 Å². The fraction of sp³-hybridized carbons (Fsp3) is 0.294. The number of hydrogen-bond donors (Lipinski definition) is 2. The predicted molar refractivity (Wildman–Crippen MR) is 86.6 cm³/mol. The van der Waals surface area contributed by atoms with Crippen molar-refractivity contribution in [2.75, 3.05) is 20.3 Å². The number of ether oxygens (including phenoxy) is 1. The summed E-state index contributed by atoms with van der Waals surface area (Å²) in [6.07, 6.45) is 1.56. The van der Waals surface area contributed by atoms with Gasteiger partial charge in [-0.2, -0.15) is 0 Å². The summed E-state index contributed by atoms with van der Waals surface area (Å²) in [7, 11) is 1.58. The van der Waals surface area contributed by atoms with E-state index >= 15 is 0 Å². The van der Waals surface area contributed by atoms with E-state index < -0.39 is 5.97 Å². The SMILES string of the molecule is COCCN(Cc1ccco1)C(=O)NCc1ccc(C(=O)O)cc1. The van der Waals surface area contributed by atoms with Gasteiger partial charge in [0.1, 0.15) is 5.76 Å². The number of methoxy groups -OCH3 is 1. The van der Waals surface area contributed by atoms with Crippen molar-refractivity contribution >= 4 is 12.0 Å². The fourth-order valence-electron chi connectivity index (χ4n) is 2.10. The first-order valence-electron chi connectivity index (χ1n) is 7.46. The summed E-state index contributed by atoms with van der Waals surface area (Å²) in [5.41, 5.74) is 1.03. The van der Waals surface area contributed by atoms with Crippen molar-refractivity contribution in [3.8, 4) is 0 Å². The molecule has 0 bridgehead atoms. The summed E-state index contributed by atoms with van der Waals surface area (Å²) in [5, 5.41) is 11.7. The lowest BCUT2D eigenvalue weighted by atomic mass is 10.1. The number of nitrogens with one attached hydrogen (secondary N) is 1. The summed E-state index contributed by atoms with van der Waals surface area (Å²) in [6, 6.07) is 9.70. The Morgan fingerprint density at radius 2 is 2.00 bits per heavy atom. The molecule has 0 saturated heterocycles. The molecule has 2 aromatic rings. The molecule has 24 heavy (non-hydrogen) atoms. The zero-order chi connectivity index (χ0) is 17.4. The molecule has 0 aliphatic rings. The van der Waals surface area contributed by atoms with E-state index in [2.05, 4.69) is 5.32 Å². The topological polar surface area (TPSA) is 92.0 Å². The monoisotopic (exact) mass is 332 g/mol. The Balaban J connectivity index is 1.92. The van der Waals surface area contributed by atoms with Crippen molar-refractivity contribution in [1.82, 2.24) is 10.2 Å². The van der Waals surface area contributed by atoms with E-state index in [1.54, 1.807) is 42.5 Å². The van der Waals surface area contributed by atoms with Crippen LogP contribution < -0.4 is 5.32 Å². The fourth-order valence-corrected chi connectivity index (χ4v) is 2.10. The Morgan fingerprint density at radius 3 is 2.58 bits per heavy atom. The van der Waals surface area contributed by atoms with Gasteiger partial charge in [0.2, 0.25) is 0 Å². The Hall–Kier alpha value is -2.80. The molecule has 0 fully saturated rings. The highest BCUT2D eigenvalue weighted by Gasteiger charge is 2.15. The second-order valence-corrected chi connectivity index (χ2v) is 5.15. The molecular weight excluding hydrogens is 312 g/mol. The van der Waals surface area contributed by atoms with Crippen LogP contribution in [0.25, 0.3) is 0 Å². The van der Waals surface area contributed by atoms with Crippen LogP contribution in [0.3, 0.4) is 0 Å². The number of furan rings is 1. The number of amides is 2. The summed E-state index contributed by atoms with van der Waals surface area (Å²) < 4.78 is 10.3. The minimum atomic E-state index is -0.977. The van der Waals surface area contributed by atoms with E-state index in [1.165, 1.54) is 12.1 Å². The Labute approximate surface area is 139 Å². The highest BCUT2D eigenvalue weighted by Crippen LogP contribution is 2.07. The first-order valence-corrected chi connectivity index (χ1v) is 7.46. The number of rotatable bonds is 8. The van der Waals surface area contributed by atoms with Gasteiger partial charge in [0.05, 0.1) is 25.0 Å². The molecule has 2 rings (SSSR count). The molecular formula is C17H20N2O5. The molecule has 0 saturated carbocycles. The summed E-state index contributed by atoms with van der Waals surface area (Å²) in [4.78, 5) is 24.8. The lowest BCUT2D eigenvalue weighted by molar-refractivity contribution is 0.0697. The number of carbonyl (C=O) groups is 2. The number of aromatic carboxylic acids is 1. The zero-order valence-electron chi connectivity index (χ0n) is 13.4. The van der Waals surface area contributed by atoms with E-state index in [0.29, 0.717) is 32.0 Å². The van der Waals surface area contributed by atoms with Crippen LogP contribution in [0.1, 0.15) is 21.7 Å². The minimum absolute atomic E-state index is 0.213. The molecule has 2 N–H and O–H groups in total. The molecule has 0 spiro atoms. The first-order chi connectivity index (χ1) is 11.6. The lowest BCUT2D eigenvalue weighted by Crippen LogP contribution is -2.40. The average molecular weight is 332 g/mol. The van der Waals surface area contributed by atoms with E-state index in [4.69, 9.17) is 14.3 Å². The van der Waals surface area contributed by atoms with Crippen molar-refractivity contribution in [2.45, 2.75) is 13.1 Å². The maximum absolute atomic E-state index is 12.3. The van der Waals surface area contributed by atoms with E-state index in [1.807, 2.05) is 0 Å². The first kappa shape index (κ1) is 17.6. The number of carboxylic acids is 1. The Kier molecular flexibility index (Phi) is 6.39. The molecule has 1 aromatic heterocycles. The van der Waals surface area contributed by atoms with Gasteiger partial charge in [-0.25, -0.2) is 9.59 Å². The minimum Gasteiger partial charge on any atom is -0.478 e. The van der Waals surface area contributed by atoms with E-state index in [0.717, 1.165) is 5.56 Å². The van der Waals surface area contributed by atoms with Gasteiger partial charge in [-0.1, -0.05) is 12.1 Å². The number of carbonyl (C=O) groups excluding carboxylic acids is 1. The third kappa shape index (κ3) is 5.13. The van der Waals surface area contributed by atoms with Crippen LogP contribution in [-0.4, -0.2) is 42.3 Å². The highest BCUT2D eigenvalue weighted by molar-refractivity contribution is 5.87. The predicted octanol–water partition coefficient (Wildman–Crippen LogP) is 2.34. The molecule has 1 heterocycles. The number of benzene rings is 1. The standard InChI is InChI=1S/C17H20N2O5/c1-23-10-8-19(12-15-3-2-9-24-15)17(22)18-11-13-4-6-14(7-5-13)16(20)21/h2-7,9H,8,10-12H2,1H3,(H,18,22)(H,20,21). The van der Waals surface area contributed by atoms with Gasteiger partial charge >= 0.3 is 12.0 Å². The lowest BCUT2D eigenvalue weighted by Gasteiger charge is -2.21. The van der Waals surface area contributed by atoms with Gasteiger partial charge in [0, 0.05) is 20.2 Å². The van der Waals surface area contributed by atoms with Crippen molar-refractivity contribution in [1.29, 1.82) is 0 Å². The van der Waals surface area contributed by atoms with Gasteiger partial charge < -0.3 is 24.5 Å². The maximum Gasteiger partial charge on any atom is 0.335 e. The molecule has 7 nitrogen and oxygen atoms in total. The second-order valence-electron chi connectivity index (χ2n) is 5.15. The Bertz CT molecular complexity index is 652. The third-order valence-corrected chi connectivity index (χ3v) is 3.42. The Morgan fingerprint density at radius 1 is 1.25 bits per heavy atom. The molecule has 0 atom stereocenters. The largest absolute Gasteiger partial charge is 0.478 e. The van der Waals surface area contributed by atoms with Gasteiger partial charge in [0.15, 0.2) is 0 Å². The molecule has 0 radical (unpaired) electrons. The molecule has 2 amide bonds. The molecule has 0 aliphatic heterocycles. The molecule has 0 aliphatic carbocycles. The van der Waals surface area contributed by atoms with E-state index in [-0.39, 0.29) is 11.6 Å². The van der Waals surface area contributed by atoms with Gasteiger partial charge in [-0.05, 0) is 29.8 Å². The van der Waals surface area contributed by atoms with Crippen molar-refractivity contribution < 1.29 is 23.8 Å². The summed E-state index contributed by atoms with van der Waals surface area (Å²) >= 11 is 0. The smallest absolute Gasteiger partial charge is 0.335 e. The van der Waals surface area contributed by atoms with Crippen LogP contribution in [0.4, 0.5) is 4.79 Å². The molecule has 1 aromatic carbocycles. The van der Waals surface area contributed by atoms with Crippen LogP contribution in [0.2, 0.25) is 0 Å². The van der Waals surface area contributed by atoms with Gasteiger partial charge in [-0.3, -0.25) is 0 Å². The molecule has 7 heteroatoms. The molecule has 0 unspecified atom stereocenters. The number of nitrogens with zero attached hydrogens (tertiary/aromatic N) is 1. The van der Waals surface area contributed by atoms with Crippen LogP contribution in [0.5, 0.6) is 0 Å². The average Bonchev–Trinajstić information content (AvgIpc) is 3.10.